The van der Waals surface area contributed by atoms with E-state index in [9.17, 15) is 14.0 Å². The Kier molecular flexibility index (Phi) is 6.13. The van der Waals surface area contributed by atoms with Gasteiger partial charge in [0.15, 0.2) is 0 Å². The van der Waals surface area contributed by atoms with E-state index in [1.54, 1.807) is 24.5 Å². The fourth-order valence-corrected chi connectivity index (χ4v) is 3.32. The highest BCUT2D eigenvalue weighted by molar-refractivity contribution is 8.00. The first-order valence-corrected chi connectivity index (χ1v) is 9.49. The highest BCUT2D eigenvalue weighted by Gasteiger charge is 2.12. The quantitative estimate of drug-likeness (QED) is 0.501. The molecule has 0 atom stereocenters. The van der Waals surface area contributed by atoms with Crippen LogP contribution in [0.5, 0.6) is 0 Å². The number of fused-ring (bicyclic) bond motifs is 1. The largest absolute Gasteiger partial charge is 0.464 e. The number of carbonyl (C=O) groups is 2. The average molecular weight is 386 g/mol. The molecule has 3 aromatic rings. The number of halogens is 1. The number of rotatable bonds is 6. The molecule has 0 aliphatic rings. The number of hydrogen-bond acceptors (Lipinski definition) is 4. The van der Waals surface area contributed by atoms with Gasteiger partial charge in [-0.1, -0.05) is 31.2 Å². The lowest BCUT2D eigenvalue weighted by Crippen LogP contribution is -2.43. The molecule has 0 spiro atoms. The predicted octanol–water partition coefficient (Wildman–Crippen LogP) is 3.62. The smallest absolute Gasteiger partial charge is 0.248 e. The summed E-state index contributed by atoms with van der Waals surface area (Å²) in [4.78, 5) is 24.3. The van der Waals surface area contributed by atoms with Crippen LogP contribution < -0.4 is 10.9 Å². The van der Waals surface area contributed by atoms with E-state index in [1.165, 1.54) is 6.07 Å². The molecule has 0 aliphatic heterocycles. The van der Waals surface area contributed by atoms with E-state index < -0.39 is 5.91 Å². The van der Waals surface area contributed by atoms with Crippen molar-refractivity contribution in [3.63, 3.8) is 0 Å². The van der Waals surface area contributed by atoms with Crippen LogP contribution in [0.25, 0.3) is 11.0 Å². The van der Waals surface area contributed by atoms with Crippen LogP contribution in [0.1, 0.15) is 18.1 Å². The van der Waals surface area contributed by atoms with Gasteiger partial charge >= 0.3 is 0 Å². The van der Waals surface area contributed by atoms with Crippen molar-refractivity contribution in [3.8, 4) is 0 Å². The van der Waals surface area contributed by atoms with Gasteiger partial charge in [0.05, 0.1) is 18.4 Å². The third kappa shape index (κ3) is 4.89. The second-order valence-corrected chi connectivity index (χ2v) is 6.95. The molecule has 2 aromatic carbocycles. The third-order valence-electron chi connectivity index (χ3n) is 4.02. The molecule has 3 rings (SSSR count). The van der Waals surface area contributed by atoms with Crippen LogP contribution in [0.2, 0.25) is 0 Å². The van der Waals surface area contributed by atoms with E-state index >= 15 is 0 Å². The molecular weight excluding hydrogens is 367 g/mol. The van der Waals surface area contributed by atoms with Crippen molar-refractivity contribution in [2.75, 3.05) is 5.75 Å². The summed E-state index contributed by atoms with van der Waals surface area (Å²) in [6.07, 6.45) is 2.54. The maximum absolute atomic E-state index is 13.5. The summed E-state index contributed by atoms with van der Waals surface area (Å²) >= 11 is 1.06. The fourth-order valence-electron chi connectivity index (χ4n) is 2.58. The van der Waals surface area contributed by atoms with Crippen molar-refractivity contribution in [3.05, 3.63) is 65.7 Å². The van der Waals surface area contributed by atoms with Crippen LogP contribution in [0.4, 0.5) is 4.39 Å². The van der Waals surface area contributed by atoms with Gasteiger partial charge in [-0.3, -0.25) is 20.4 Å². The second-order valence-electron chi connectivity index (χ2n) is 5.94. The average Bonchev–Trinajstić information content (AvgIpc) is 3.07. The minimum Gasteiger partial charge on any atom is -0.464 e. The van der Waals surface area contributed by atoms with Crippen molar-refractivity contribution in [2.24, 2.45) is 0 Å². The summed E-state index contributed by atoms with van der Waals surface area (Å²) in [5.74, 6) is -1.16. The number of furan rings is 1. The minimum absolute atomic E-state index is 0.00432. The lowest BCUT2D eigenvalue weighted by atomic mass is 10.1. The Bertz CT molecular complexity index is 971. The van der Waals surface area contributed by atoms with Gasteiger partial charge in [0.25, 0.3) is 0 Å². The molecular formula is C20H19FN2O3S. The van der Waals surface area contributed by atoms with Crippen molar-refractivity contribution < 1.29 is 18.4 Å². The Morgan fingerprint density at radius 2 is 1.89 bits per heavy atom. The minimum atomic E-state index is -0.416. The Morgan fingerprint density at radius 1 is 1.11 bits per heavy atom. The van der Waals surface area contributed by atoms with E-state index in [0.29, 0.717) is 4.90 Å². The second kappa shape index (κ2) is 8.73. The van der Waals surface area contributed by atoms with Crippen molar-refractivity contribution in [2.45, 2.75) is 24.7 Å². The zero-order chi connectivity index (χ0) is 19.2. The summed E-state index contributed by atoms with van der Waals surface area (Å²) in [7, 11) is 0. The lowest BCUT2D eigenvalue weighted by molar-refractivity contribution is -0.127. The molecule has 0 bridgehead atoms. The molecule has 0 aliphatic carbocycles. The molecule has 27 heavy (non-hydrogen) atoms. The van der Waals surface area contributed by atoms with Gasteiger partial charge in [0.2, 0.25) is 11.8 Å². The SMILES string of the molecule is CCc1ccc2c(CC(=O)NNC(=O)CSc3ccccc3F)coc2c1. The Balaban J connectivity index is 1.49. The topological polar surface area (TPSA) is 71.3 Å². The van der Waals surface area contributed by atoms with E-state index in [2.05, 4.69) is 17.8 Å². The zero-order valence-electron chi connectivity index (χ0n) is 14.8. The fraction of sp³-hybridized carbons (Fsp3) is 0.200. The van der Waals surface area contributed by atoms with Crippen molar-refractivity contribution in [1.29, 1.82) is 0 Å². The molecule has 0 saturated heterocycles. The summed E-state index contributed by atoms with van der Waals surface area (Å²) in [6, 6.07) is 12.1. The number of benzene rings is 2. The van der Waals surface area contributed by atoms with E-state index in [4.69, 9.17) is 4.42 Å². The molecule has 5 nitrogen and oxygen atoms in total. The summed E-state index contributed by atoms with van der Waals surface area (Å²) in [6.45, 7) is 2.06. The lowest BCUT2D eigenvalue weighted by Gasteiger charge is -2.07. The normalized spacial score (nSPS) is 10.7. The highest BCUT2D eigenvalue weighted by Crippen LogP contribution is 2.23. The van der Waals surface area contributed by atoms with E-state index in [1.807, 2.05) is 18.2 Å². The van der Waals surface area contributed by atoms with Crippen LogP contribution in [0.3, 0.4) is 0 Å². The predicted molar refractivity (Wildman–Crippen MR) is 103 cm³/mol. The number of amides is 2. The molecule has 2 N–H and O–H groups in total. The van der Waals surface area contributed by atoms with E-state index in [0.717, 1.165) is 40.3 Å². The van der Waals surface area contributed by atoms with Gasteiger partial charge in [0.1, 0.15) is 11.4 Å². The van der Waals surface area contributed by atoms with Gasteiger partial charge in [-0.25, -0.2) is 4.39 Å². The summed E-state index contributed by atoms with van der Waals surface area (Å²) < 4.78 is 19.0. The summed E-state index contributed by atoms with van der Waals surface area (Å²) in [5.41, 5.74) is 7.36. The highest BCUT2D eigenvalue weighted by atomic mass is 32.2. The van der Waals surface area contributed by atoms with Crippen LogP contribution in [-0.4, -0.2) is 17.6 Å². The maximum Gasteiger partial charge on any atom is 0.248 e. The number of carbonyl (C=O) groups excluding carboxylic acids is 2. The van der Waals surface area contributed by atoms with Crippen molar-refractivity contribution in [1.82, 2.24) is 10.9 Å². The molecule has 0 fully saturated rings. The number of thioether (sulfide) groups is 1. The Hall–Kier alpha value is -2.80. The van der Waals surface area contributed by atoms with Crippen LogP contribution in [0.15, 0.2) is 58.0 Å². The maximum atomic E-state index is 13.5. The van der Waals surface area contributed by atoms with Crippen LogP contribution in [0, 0.1) is 5.82 Å². The van der Waals surface area contributed by atoms with E-state index in [-0.39, 0.29) is 23.9 Å². The first kappa shape index (κ1) is 19.0. The molecule has 1 heterocycles. The molecule has 2 amide bonds. The van der Waals surface area contributed by atoms with Gasteiger partial charge in [-0.05, 0) is 30.2 Å². The number of nitrogens with one attached hydrogen (secondary N) is 2. The zero-order valence-corrected chi connectivity index (χ0v) is 15.6. The molecule has 0 radical (unpaired) electrons. The Morgan fingerprint density at radius 3 is 2.67 bits per heavy atom. The molecule has 140 valence electrons. The van der Waals surface area contributed by atoms with Crippen LogP contribution >= 0.6 is 11.8 Å². The monoisotopic (exact) mass is 386 g/mol. The number of hydrogen-bond donors (Lipinski definition) is 2. The molecule has 1 aromatic heterocycles. The number of aryl methyl sites for hydroxylation is 1. The van der Waals surface area contributed by atoms with Crippen molar-refractivity contribution >= 4 is 34.5 Å². The molecule has 0 unspecified atom stereocenters. The molecule has 0 saturated carbocycles. The van der Waals surface area contributed by atoms with Gasteiger partial charge in [-0.15, -0.1) is 11.8 Å². The van der Waals surface area contributed by atoms with Gasteiger partial charge in [0, 0.05) is 15.8 Å². The van der Waals surface area contributed by atoms with Crippen LogP contribution in [-0.2, 0) is 22.4 Å². The number of hydrazine groups is 1. The third-order valence-corrected chi connectivity index (χ3v) is 5.06. The first-order chi connectivity index (χ1) is 13.1. The Labute approximate surface area is 160 Å². The van der Waals surface area contributed by atoms with Gasteiger partial charge in [-0.2, -0.15) is 0 Å². The first-order valence-electron chi connectivity index (χ1n) is 8.51. The molecule has 7 heteroatoms. The standard InChI is InChI=1S/C20H19FN2O3S/c1-2-13-7-8-15-14(11-26-17(15)9-13)10-19(24)22-23-20(25)12-27-18-6-4-3-5-16(18)21/h3-9,11H,2,10,12H2,1H3,(H,22,24)(H,23,25). The summed E-state index contributed by atoms with van der Waals surface area (Å²) in [5, 5.41) is 0.879. The van der Waals surface area contributed by atoms with Gasteiger partial charge < -0.3 is 4.42 Å².